The molecule has 0 aromatic carbocycles. The topological polar surface area (TPSA) is 42.7 Å². The Bertz CT molecular complexity index is 570. The summed E-state index contributed by atoms with van der Waals surface area (Å²) >= 11 is 6.03. The van der Waals surface area contributed by atoms with Crippen LogP contribution in [0, 0.1) is 19.8 Å². The molecule has 108 valence electrons. The van der Waals surface area contributed by atoms with Crippen LogP contribution >= 0.6 is 11.6 Å². The first-order valence-electron chi connectivity index (χ1n) is 6.86. The van der Waals surface area contributed by atoms with Crippen LogP contribution in [0.25, 0.3) is 5.82 Å². The van der Waals surface area contributed by atoms with Gasteiger partial charge in [0.15, 0.2) is 5.82 Å². The van der Waals surface area contributed by atoms with Crippen LogP contribution in [0.3, 0.4) is 0 Å². The number of nitrogens with one attached hydrogen (secondary N) is 1. The van der Waals surface area contributed by atoms with Crippen LogP contribution in [-0.2, 0) is 6.54 Å². The van der Waals surface area contributed by atoms with Crippen molar-refractivity contribution in [1.82, 2.24) is 20.1 Å². The van der Waals surface area contributed by atoms with Crippen LogP contribution in [0.2, 0.25) is 5.02 Å². The fourth-order valence-corrected chi connectivity index (χ4v) is 2.07. The highest BCUT2D eigenvalue weighted by molar-refractivity contribution is 6.31. The Morgan fingerprint density at radius 1 is 1.25 bits per heavy atom. The molecule has 0 aliphatic rings. The number of halogens is 1. The Labute approximate surface area is 125 Å². The van der Waals surface area contributed by atoms with Gasteiger partial charge >= 0.3 is 0 Å². The minimum absolute atomic E-state index is 0.650. The predicted molar refractivity (Wildman–Crippen MR) is 82.4 cm³/mol. The molecule has 5 heteroatoms. The maximum Gasteiger partial charge on any atom is 0.153 e. The molecule has 0 spiro atoms. The maximum atomic E-state index is 6.03. The molecule has 0 fully saturated rings. The number of nitrogens with zero attached hydrogens (tertiary/aromatic N) is 3. The monoisotopic (exact) mass is 292 g/mol. The van der Waals surface area contributed by atoms with Crippen molar-refractivity contribution >= 4 is 11.6 Å². The van der Waals surface area contributed by atoms with Crippen molar-refractivity contribution in [3.63, 3.8) is 0 Å². The van der Waals surface area contributed by atoms with Crippen molar-refractivity contribution in [2.45, 2.75) is 34.2 Å². The van der Waals surface area contributed by atoms with Crippen LogP contribution in [0.1, 0.15) is 30.8 Å². The molecule has 20 heavy (non-hydrogen) atoms. The van der Waals surface area contributed by atoms with Gasteiger partial charge in [-0.15, -0.1) is 0 Å². The minimum atomic E-state index is 0.650. The summed E-state index contributed by atoms with van der Waals surface area (Å²) in [5, 5.41) is 8.43. The highest BCUT2D eigenvalue weighted by atomic mass is 35.5. The first-order valence-corrected chi connectivity index (χ1v) is 7.24. The molecule has 2 aromatic heterocycles. The van der Waals surface area contributed by atoms with Crippen molar-refractivity contribution < 1.29 is 0 Å². The van der Waals surface area contributed by atoms with Gasteiger partial charge in [0, 0.05) is 12.2 Å². The lowest BCUT2D eigenvalue weighted by Crippen LogP contribution is -2.19. The largest absolute Gasteiger partial charge is 0.312 e. The molecule has 0 unspecified atom stereocenters. The summed E-state index contributed by atoms with van der Waals surface area (Å²) in [5.41, 5.74) is 3.04. The Balaban J connectivity index is 2.13. The molecular formula is C15H21ClN4. The molecule has 4 nitrogen and oxygen atoms in total. The number of pyridine rings is 1. The summed E-state index contributed by atoms with van der Waals surface area (Å²) in [7, 11) is 0. The molecule has 0 saturated heterocycles. The summed E-state index contributed by atoms with van der Waals surface area (Å²) in [5.74, 6) is 1.45. The number of hydrogen-bond acceptors (Lipinski definition) is 3. The van der Waals surface area contributed by atoms with E-state index in [4.69, 9.17) is 11.6 Å². The lowest BCUT2D eigenvalue weighted by atomic mass is 10.2. The molecule has 0 radical (unpaired) electrons. The lowest BCUT2D eigenvalue weighted by Gasteiger charge is -2.10. The van der Waals surface area contributed by atoms with Gasteiger partial charge in [-0.05, 0) is 37.9 Å². The first kappa shape index (κ1) is 15.0. The number of rotatable bonds is 5. The SMILES string of the molecule is Cc1nn(-c2ccc(CNCC(C)C)c(C)n2)cc1Cl. The van der Waals surface area contributed by atoms with Crippen molar-refractivity contribution in [2.24, 2.45) is 5.92 Å². The third-order valence-electron chi connectivity index (χ3n) is 3.12. The van der Waals surface area contributed by atoms with Crippen molar-refractivity contribution in [3.8, 4) is 5.82 Å². The fraction of sp³-hybridized carbons (Fsp3) is 0.467. The maximum absolute atomic E-state index is 6.03. The third kappa shape index (κ3) is 3.58. The quantitative estimate of drug-likeness (QED) is 0.919. The predicted octanol–water partition coefficient (Wildman–Crippen LogP) is 3.28. The van der Waals surface area contributed by atoms with E-state index in [0.29, 0.717) is 10.9 Å². The van der Waals surface area contributed by atoms with Gasteiger partial charge in [0.2, 0.25) is 0 Å². The van der Waals surface area contributed by atoms with Gasteiger partial charge < -0.3 is 5.32 Å². The van der Waals surface area contributed by atoms with E-state index in [-0.39, 0.29) is 0 Å². The summed E-state index contributed by atoms with van der Waals surface area (Å²) in [6, 6.07) is 4.07. The minimum Gasteiger partial charge on any atom is -0.312 e. The molecule has 0 aliphatic carbocycles. The van der Waals surface area contributed by atoms with E-state index in [1.165, 1.54) is 5.56 Å². The van der Waals surface area contributed by atoms with Crippen molar-refractivity contribution in [1.29, 1.82) is 0 Å². The van der Waals surface area contributed by atoms with Gasteiger partial charge in [0.1, 0.15) is 0 Å². The molecule has 2 rings (SSSR count). The zero-order valence-electron chi connectivity index (χ0n) is 12.4. The highest BCUT2D eigenvalue weighted by Crippen LogP contribution is 2.16. The average Bonchev–Trinajstić information content (AvgIpc) is 2.71. The van der Waals surface area contributed by atoms with E-state index in [1.54, 1.807) is 10.9 Å². The summed E-state index contributed by atoms with van der Waals surface area (Å²) in [6.45, 7) is 10.2. The van der Waals surface area contributed by atoms with Crippen LogP contribution in [0.4, 0.5) is 0 Å². The third-order valence-corrected chi connectivity index (χ3v) is 3.49. The summed E-state index contributed by atoms with van der Waals surface area (Å²) in [6.07, 6.45) is 1.79. The Morgan fingerprint density at radius 2 is 2.00 bits per heavy atom. The Hall–Kier alpha value is -1.39. The lowest BCUT2D eigenvalue weighted by molar-refractivity contribution is 0.550. The second-order valence-electron chi connectivity index (χ2n) is 5.45. The Kier molecular flexibility index (Phi) is 4.78. The summed E-state index contributed by atoms with van der Waals surface area (Å²) in [4.78, 5) is 4.60. The Morgan fingerprint density at radius 3 is 2.55 bits per heavy atom. The second kappa shape index (κ2) is 6.37. The van der Waals surface area contributed by atoms with E-state index in [1.807, 2.05) is 19.9 Å². The molecule has 0 amide bonds. The molecule has 0 aliphatic heterocycles. The summed E-state index contributed by atoms with van der Waals surface area (Å²) < 4.78 is 1.72. The van der Waals surface area contributed by atoms with E-state index in [9.17, 15) is 0 Å². The van der Waals surface area contributed by atoms with Crippen LogP contribution in [-0.4, -0.2) is 21.3 Å². The van der Waals surface area contributed by atoms with Gasteiger partial charge in [0.25, 0.3) is 0 Å². The molecule has 1 N–H and O–H groups in total. The molecule has 2 heterocycles. The van der Waals surface area contributed by atoms with Crippen LogP contribution in [0.5, 0.6) is 0 Å². The molecule has 0 atom stereocenters. The number of aryl methyl sites for hydroxylation is 2. The smallest absolute Gasteiger partial charge is 0.153 e. The van der Waals surface area contributed by atoms with Crippen LogP contribution in [0.15, 0.2) is 18.3 Å². The second-order valence-corrected chi connectivity index (χ2v) is 5.85. The van der Waals surface area contributed by atoms with Gasteiger partial charge in [-0.2, -0.15) is 5.10 Å². The van der Waals surface area contributed by atoms with Gasteiger partial charge in [-0.3, -0.25) is 0 Å². The van der Waals surface area contributed by atoms with E-state index < -0.39 is 0 Å². The van der Waals surface area contributed by atoms with Gasteiger partial charge in [0.05, 0.1) is 16.9 Å². The average molecular weight is 293 g/mol. The molecule has 0 saturated carbocycles. The molecule has 2 aromatic rings. The normalized spacial score (nSPS) is 11.3. The number of hydrogen-bond donors (Lipinski definition) is 1. The number of aromatic nitrogens is 3. The molecular weight excluding hydrogens is 272 g/mol. The van der Waals surface area contributed by atoms with Gasteiger partial charge in [-0.25, -0.2) is 9.67 Å². The standard InChI is InChI=1S/C15H21ClN4/c1-10(2)7-17-8-13-5-6-15(18-11(13)3)20-9-14(16)12(4)19-20/h5-6,9-10,17H,7-8H2,1-4H3. The zero-order chi connectivity index (χ0) is 14.7. The van der Waals surface area contributed by atoms with Crippen molar-refractivity contribution in [2.75, 3.05) is 6.54 Å². The first-order chi connectivity index (χ1) is 9.47. The van der Waals surface area contributed by atoms with Gasteiger partial charge in [-0.1, -0.05) is 31.5 Å². The van der Waals surface area contributed by atoms with E-state index in [0.717, 1.165) is 30.3 Å². The van der Waals surface area contributed by atoms with Crippen LogP contribution < -0.4 is 5.32 Å². The fourth-order valence-electron chi connectivity index (χ4n) is 1.94. The zero-order valence-corrected chi connectivity index (χ0v) is 13.2. The van der Waals surface area contributed by atoms with Crippen molar-refractivity contribution in [3.05, 3.63) is 40.3 Å². The van der Waals surface area contributed by atoms with E-state index in [2.05, 4.69) is 35.3 Å². The van der Waals surface area contributed by atoms with E-state index >= 15 is 0 Å². The highest BCUT2D eigenvalue weighted by Gasteiger charge is 2.07. The molecule has 0 bridgehead atoms.